The van der Waals surface area contributed by atoms with Gasteiger partial charge in [-0.05, 0) is 48.5 Å². The van der Waals surface area contributed by atoms with Crippen molar-refractivity contribution in [2.24, 2.45) is 0 Å². The van der Waals surface area contributed by atoms with Gasteiger partial charge in [-0.3, -0.25) is 4.79 Å². The molecule has 0 spiro atoms. The molecule has 2 aromatic heterocycles. The fourth-order valence-corrected chi connectivity index (χ4v) is 3.83. The molecule has 6 heteroatoms. The second-order valence-corrected chi connectivity index (χ2v) is 7.09. The highest BCUT2D eigenvalue weighted by molar-refractivity contribution is 6.03. The van der Waals surface area contributed by atoms with Crippen molar-refractivity contribution in [3.63, 3.8) is 0 Å². The van der Waals surface area contributed by atoms with Crippen LogP contribution in [0.2, 0.25) is 0 Å². The third-order valence-electron chi connectivity index (χ3n) is 5.18. The minimum absolute atomic E-state index is 0.0134. The quantitative estimate of drug-likeness (QED) is 0.519. The lowest BCUT2D eigenvalue weighted by Gasteiger charge is -2.21. The molecule has 1 N–H and O–H groups in total. The summed E-state index contributed by atoms with van der Waals surface area (Å²) in [5.41, 5.74) is 2.98. The normalized spacial score (nSPS) is 15.9. The maximum absolute atomic E-state index is 13.3. The smallest absolute Gasteiger partial charge is 0.169 e. The van der Waals surface area contributed by atoms with Crippen molar-refractivity contribution in [2.45, 2.75) is 18.8 Å². The summed E-state index contributed by atoms with van der Waals surface area (Å²) < 4.78 is 20.6. The van der Waals surface area contributed by atoms with Crippen LogP contribution in [0.15, 0.2) is 77.4 Å². The van der Waals surface area contributed by atoms with Crippen LogP contribution in [-0.2, 0) is 6.42 Å². The summed E-state index contributed by atoms with van der Waals surface area (Å²) in [6.45, 7) is 0. The summed E-state index contributed by atoms with van der Waals surface area (Å²) >= 11 is 0. The van der Waals surface area contributed by atoms with E-state index in [1.807, 2.05) is 47.1 Å². The van der Waals surface area contributed by atoms with Crippen LogP contribution in [0.1, 0.15) is 34.2 Å². The Morgan fingerprint density at radius 1 is 1.00 bits per heavy atom. The van der Waals surface area contributed by atoms with Gasteiger partial charge >= 0.3 is 0 Å². The number of hydrogen-bond acceptors (Lipinski definition) is 4. The zero-order chi connectivity index (χ0) is 19.8. The number of carbonyl (C=O) groups excluding carboxylic acids is 1. The molecular formula is C23H18FN3O2. The van der Waals surface area contributed by atoms with Crippen molar-refractivity contribution >= 4 is 17.3 Å². The average Bonchev–Trinajstić information content (AvgIpc) is 3.39. The first-order chi connectivity index (χ1) is 14.2. The molecule has 0 radical (unpaired) electrons. The third-order valence-corrected chi connectivity index (χ3v) is 5.18. The molecule has 1 unspecified atom stereocenters. The SMILES string of the molecule is O=C1CC(c2ccco2)Cc2c1c(Nc1ccc(F)cc1)nn2-c1ccccc1. The maximum atomic E-state index is 13.3. The molecule has 29 heavy (non-hydrogen) atoms. The van der Waals surface area contributed by atoms with Crippen LogP contribution < -0.4 is 5.32 Å². The van der Waals surface area contributed by atoms with E-state index in [0.717, 1.165) is 17.1 Å². The molecule has 1 aliphatic rings. The Balaban J connectivity index is 1.60. The van der Waals surface area contributed by atoms with Gasteiger partial charge in [0.2, 0.25) is 0 Å². The third kappa shape index (κ3) is 3.23. The van der Waals surface area contributed by atoms with E-state index in [2.05, 4.69) is 5.32 Å². The highest BCUT2D eigenvalue weighted by atomic mass is 19.1. The lowest BCUT2D eigenvalue weighted by atomic mass is 9.85. The van der Waals surface area contributed by atoms with Crippen molar-refractivity contribution in [1.29, 1.82) is 0 Å². The number of nitrogens with zero attached hydrogens (tertiary/aromatic N) is 2. The molecule has 4 aromatic rings. The fraction of sp³-hybridized carbons (Fsp3) is 0.130. The highest BCUT2D eigenvalue weighted by Gasteiger charge is 2.34. The van der Waals surface area contributed by atoms with Gasteiger partial charge in [-0.2, -0.15) is 0 Å². The molecule has 5 rings (SSSR count). The van der Waals surface area contributed by atoms with E-state index in [1.165, 1.54) is 12.1 Å². The predicted molar refractivity (Wildman–Crippen MR) is 107 cm³/mol. The van der Waals surface area contributed by atoms with Gasteiger partial charge in [0.05, 0.1) is 23.2 Å². The zero-order valence-electron chi connectivity index (χ0n) is 15.5. The Morgan fingerprint density at radius 3 is 2.52 bits per heavy atom. The van der Waals surface area contributed by atoms with Crippen molar-refractivity contribution in [3.8, 4) is 5.69 Å². The molecule has 5 nitrogen and oxygen atoms in total. The van der Waals surface area contributed by atoms with Gasteiger partial charge in [0.25, 0.3) is 0 Å². The molecule has 0 saturated carbocycles. The molecule has 0 bridgehead atoms. The Kier molecular flexibility index (Phi) is 4.24. The summed E-state index contributed by atoms with van der Waals surface area (Å²) in [4.78, 5) is 13.1. The van der Waals surface area contributed by atoms with Crippen molar-refractivity contribution in [3.05, 3.63) is 95.8 Å². The summed E-state index contributed by atoms with van der Waals surface area (Å²) in [6, 6.07) is 19.5. The number of aromatic nitrogens is 2. The van der Waals surface area contributed by atoms with Crippen LogP contribution in [0.3, 0.4) is 0 Å². The largest absolute Gasteiger partial charge is 0.469 e. The second kappa shape index (κ2) is 7.05. The van der Waals surface area contributed by atoms with Crippen LogP contribution in [0.25, 0.3) is 5.69 Å². The second-order valence-electron chi connectivity index (χ2n) is 7.09. The molecule has 0 saturated heterocycles. The number of nitrogens with one attached hydrogen (secondary N) is 1. The highest BCUT2D eigenvalue weighted by Crippen LogP contribution is 2.38. The number of carbonyl (C=O) groups is 1. The van der Waals surface area contributed by atoms with Crippen molar-refractivity contribution in [2.75, 3.05) is 5.32 Å². The minimum Gasteiger partial charge on any atom is -0.469 e. The van der Waals surface area contributed by atoms with Crippen molar-refractivity contribution < 1.29 is 13.6 Å². The Bertz CT molecular complexity index is 1150. The van der Waals surface area contributed by atoms with Gasteiger partial charge in [0, 0.05) is 24.4 Å². The number of benzene rings is 2. The van der Waals surface area contributed by atoms with Crippen LogP contribution in [0, 0.1) is 5.82 Å². The Hall–Kier alpha value is -3.67. The first-order valence-electron chi connectivity index (χ1n) is 9.45. The van der Waals surface area contributed by atoms with Gasteiger partial charge in [-0.1, -0.05) is 18.2 Å². The van der Waals surface area contributed by atoms with E-state index in [0.29, 0.717) is 29.9 Å². The van der Waals surface area contributed by atoms with Crippen LogP contribution in [-0.4, -0.2) is 15.6 Å². The van der Waals surface area contributed by atoms with Crippen LogP contribution in [0.4, 0.5) is 15.9 Å². The summed E-state index contributed by atoms with van der Waals surface area (Å²) in [5, 5.41) is 7.89. The number of Topliss-reactive ketones (excluding diaryl/α,β-unsaturated/α-hetero) is 1. The van der Waals surface area contributed by atoms with Gasteiger partial charge in [0.15, 0.2) is 11.6 Å². The molecule has 2 aromatic carbocycles. The molecule has 2 heterocycles. The minimum atomic E-state index is -0.315. The zero-order valence-corrected chi connectivity index (χ0v) is 15.5. The number of ketones is 1. The van der Waals surface area contributed by atoms with Gasteiger partial charge in [0.1, 0.15) is 11.6 Å². The van der Waals surface area contributed by atoms with E-state index in [9.17, 15) is 9.18 Å². The Labute approximate surface area is 166 Å². The van der Waals surface area contributed by atoms with E-state index in [-0.39, 0.29) is 17.5 Å². The topological polar surface area (TPSA) is 60.1 Å². The fourth-order valence-electron chi connectivity index (χ4n) is 3.83. The first kappa shape index (κ1) is 17.4. The van der Waals surface area contributed by atoms with Crippen LogP contribution in [0.5, 0.6) is 0 Å². The summed E-state index contributed by atoms with van der Waals surface area (Å²) in [7, 11) is 0. The Morgan fingerprint density at radius 2 is 1.79 bits per heavy atom. The number of hydrogen-bond donors (Lipinski definition) is 1. The molecular weight excluding hydrogens is 369 g/mol. The van der Waals surface area contributed by atoms with Gasteiger partial charge in [-0.15, -0.1) is 5.10 Å². The maximum Gasteiger partial charge on any atom is 0.169 e. The number of halogens is 1. The molecule has 1 atom stereocenters. The average molecular weight is 387 g/mol. The number of rotatable bonds is 4. The van der Waals surface area contributed by atoms with E-state index >= 15 is 0 Å². The first-order valence-corrected chi connectivity index (χ1v) is 9.45. The number of anilines is 2. The number of furan rings is 1. The van der Waals surface area contributed by atoms with E-state index in [1.54, 1.807) is 18.4 Å². The predicted octanol–water partition coefficient (Wildman–Crippen LogP) is 5.26. The monoisotopic (exact) mass is 387 g/mol. The van der Waals surface area contributed by atoms with E-state index < -0.39 is 0 Å². The molecule has 144 valence electrons. The number of para-hydroxylation sites is 1. The van der Waals surface area contributed by atoms with Crippen molar-refractivity contribution in [1.82, 2.24) is 9.78 Å². The lowest BCUT2D eigenvalue weighted by Crippen LogP contribution is -2.20. The van der Waals surface area contributed by atoms with Crippen LogP contribution >= 0.6 is 0 Å². The molecule has 0 fully saturated rings. The van der Waals surface area contributed by atoms with E-state index in [4.69, 9.17) is 9.52 Å². The molecule has 0 amide bonds. The molecule has 0 aliphatic heterocycles. The van der Waals surface area contributed by atoms with Gasteiger partial charge in [-0.25, -0.2) is 9.07 Å². The number of fused-ring (bicyclic) bond motifs is 1. The lowest BCUT2D eigenvalue weighted by molar-refractivity contribution is 0.0960. The summed E-state index contributed by atoms with van der Waals surface area (Å²) in [5.74, 6) is 0.961. The molecule has 1 aliphatic carbocycles. The standard InChI is InChI=1S/C23H18FN3O2/c24-16-8-10-17(11-9-16)25-23-22-19(27(26-23)18-5-2-1-3-6-18)13-15(14-20(22)28)21-7-4-12-29-21/h1-12,15H,13-14H2,(H,25,26). The van der Waals surface area contributed by atoms with Gasteiger partial charge < -0.3 is 9.73 Å². The summed E-state index contributed by atoms with van der Waals surface area (Å²) in [6.07, 6.45) is 2.63.